The summed E-state index contributed by atoms with van der Waals surface area (Å²) in [5.74, 6) is 0.487. The number of hydrogen-bond acceptors (Lipinski definition) is 1. The second-order valence-corrected chi connectivity index (χ2v) is 5.60. The SMILES string of the molecule is CCCCc1ccc(C(C)(C)C)c(O)c1C. The smallest absolute Gasteiger partial charge is 0.122 e. The zero-order valence-corrected chi connectivity index (χ0v) is 11.2. The molecule has 0 atom stereocenters. The molecule has 90 valence electrons. The molecule has 1 aromatic carbocycles. The minimum atomic E-state index is 0.0120. The van der Waals surface area contributed by atoms with Gasteiger partial charge in [-0.1, -0.05) is 46.2 Å². The summed E-state index contributed by atoms with van der Waals surface area (Å²) >= 11 is 0. The largest absolute Gasteiger partial charge is 0.507 e. The molecule has 1 aromatic rings. The van der Waals surface area contributed by atoms with Crippen LogP contribution in [0.4, 0.5) is 0 Å². The predicted molar refractivity (Wildman–Crippen MR) is 70.2 cm³/mol. The van der Waals surface area contributed by atoms with Gasteiger partial charge < -0.3 is 5.11 Å². The molecular formula is C15H24O. The molecule has 0 heterocycles. The van der Waals surface area contributed by atoms with Crippen molar-refractivity contribution in [2.45, 2.75) is 59.3 Å². The molecule has 0 aromatic heterocycles. The molecule has 1 heteroatoms. The summed E-state index contributed by atoms with van der Waals surface area (Å²) in [7, 11) is 0. The second kappa shape index (κ2) is 4.90. The molecule has 0 saturated heterocycles. The first-order valence-electron chi connectivity index (χ1n) is 6.19. The molecule has 0 unspecified atom stereocenters. The third-order valence-corrected chi connectivity index (χ3v) is 3.15. The Morgan fingerprint density at radius 3 is 2.31 bits per heavy atom. The minimum absolute atomic E-state index is 0.0120. The Balaban J connectivity index is 3.08. The molecule has 0 aliphatic rings. The Morgan fingerprint density at radius 1 is 1.19 bits per heavy atom. The lowest BCUT2D eigenvalue weighted by Gasteiger charge is -2.22. The van der Waals surface area contributed by atoms with Crippen molar-refractivity contribution in [1.82, 2.24) is 0 Å². The van der Waals surface area contributed by atoms with Gasteiger partial charge in [0.2, 0.25) is 0 Å². The van der Waals surface area contributed by atoms with E-state index in [1.165, 1.54) is 18.4 Å². The van der Waals surface area contributed by atoms with Crippen molar-refractivity contribution in [3.63, 3.8) is 0 Å². The Labute approximate surface area is 99.5 Å². The molecular weight excluding hydrogens is 196 g/mol. The maximum Gasteiger partial charge on any atom is 0.122 e. The highest BCUT2D eigenvalue weighted by Gasteiger charge is 2.19. The number of unbranched alkanes of at least 4 members (excludes halogenated alkanes) is 1. The van der Waals surface area contributed by atoms with E-state index in [1.807, 2.05) is 6.92 Å². The standard InChI is InChI=1S/C15H24O/c1-6-7-8-12-9-10-13(15(3,4)5)14(16)11(12)2/h9-10,16H,6-8H2,1-5H3. The second-order valence-electron chi connectivity index (χ2n) is 5.60. The van der Waals surface area contributed by atoms with Crippen LogP contribution in [0.2, 0.25) is 0 Å². The summed E-state index contributed by atoms with van der Waals surface area (Å²) in [4.78, 5) is 0. The Morgan fingerprint density at radius 2 is 1.81 bits per heavy atom. The van der Waals surface area contributed by atoms with Crippen molar-refractivity contribution in [3.8, 4) is 5.75 Å². The lowest BCUT2D eigenvalue weighted by atomic mass is 9.84. The first-order valence-corrected chi connectivity index (χ1v) is 6.19. The summed E-state index contributed by atoms with van der Waals surface area (Å²) in [6.45, 7) is 10.6. The zero-order valence-electron chi connectivity index (χ0n) is 11.2. The van der Waals surface area contributed by atoms with Crippen LogP contribution < -0.4 is 0 Å². The molecule has 0 bridgehead atoms. The Hall–Kier alpha value is -0.980. The minimum Gasteiger partial charge on any atom is -0.507 e. The molecule has 0 saturated carbocycles. The van der Waals surface area contributed by atoms with Gasteiger partial charge in [0.05, 0.1) is 0 Å². The molecule has 1 rings (SSSR count). The number of rotatable bonds is 3. The van der Waals surface area contributed by atoms with Gasteiger partial charge in [0, 0.05) is 0 Å². The normalized spacial score (nSPS) is 11.8. The third kappa shape index (κ3) is 2.78. The molecule has 0 fully saturated rings. The number of phenolic OH excluding ortho intramolecular Hbond substituents is 1. The lowest BCUT2D eigenvalue weighted by molar-refractivity contribution is 0.441. The van der Waals surface area contributed by atoms with E-state index in [1.54, 1.807) is 0 Å². The van der Waals surface area contributed by atoms with E-state index in [2.05, 4.69) is 39.8 Å². The van der Waals surface area contributed by atoms with Gasteiger partial charge in [-0.05, 0) is 41.9 Å². The summed E-state index contributed by atoms with van der Waals surface area (Å²) in [6, 6.07) is 4.25. The van der Waals surface area contributed by atoms with Crippen LogP contribution in [0.25, 0.3) is 0 Å². The van der Waals surface area contributed by atoms with Crippen molar-refractivity contribution >= 4 is 0 Å². The van der Waals surface area contributed by atoms with Crippen LogP contribution in [0.1, 0.15) is 57.2 Å². The van der Waals surface area contributed by atoms with Gasteiger partial charge >= 0.3 is 0 Å². The average molecular weight is 220 g/mol. The summed E-state index contributed by atoms with van der Waals surface area (Å²) in [5.41, 5.74) is 3.40. The molecule has 0 radical (unpaired) electrons. The average Bonchev–Trinajstić information content (AvgIpc) is 2.18. The van der Waals surface area contributed by atoms with Gasteiger partial charge in [-0.3, -0.25) is 0 Å². The fourth-order valence-electron chi connectivity index (χ4n) is 1.99. The van der Waals surface area contributed by atoms with E-state index in [9.17, 15) is 5.11 Å². The van der Waals surface area contributed by atoms with E-state index in [4.69, 9.17) is 0 Å². The van der Waals surface area contributed by atoms with Gasteiger partial charge in [0.25, 0.3) is 0 Å². The van der Waals surface area contributed by atoms with Crippen LogP contribution in [0.3, 0.4) is 0 Å². The topological polar surface area (TPSA) is 20.2 Å². The van der Waals surface area contributed by atoms with Gasteiger partial charge in [-0.25, -0.2) is 0 Å². The Bertz CT molecular complexity index is 358. The van der Waals surface area contributed by atoms with Crippen molar-refractivity contribution in [1.29, 1.82) is 0 Å². The van der Waals surface area contributed by atoms with E-state index in [0.29, 0.717) is 5.75 Å². The van der Waals surface area contributed by atoms with Gasteiger partial charge in [0.15, 0.2) is 0 Å². The maximum atomic E-state index is 10.2. The number of phenols is 1. The first-order chi connectivity index (χ1) is 7.38. The Kier molecular flexibility index (Phi) is 4.01. The van der Waals surface area contributed by atoms with Crippen molar-refractivity contribution < 1.29 is 5.11 Å². The van der Waals surface area contributed by atoms with Crippen LogP contribution in [-0.4, -0.2) is 5.11 Å². The third-order valence-electron chi connectivity index (χ3n) is 3.15. The fourth-order valence-corrected chi connectivity index (χ4v) is 1.99. The van der Waals surface area contributed by atoms with Crippen LogP contribution in [0.15, 0.2) is 12.1 Å². The van der Waals surface area contributed by atoms with Crippen LogP contribution >= 0.6 is 0 Å². The van der Waals surface area contributed by atoms with Gasteiger partial charge in [0.1, 0.15) is 5.75 Å². The molecule has 0 aliphatic carbocycles. The van der Waals surface area contributed by atoms with E-state index in [-0.39, 0.29) is 5.41 Å². The van der Waals surface area contributed by atoms with Crippen molar-refractivity contribution in [2.75, 3.05) is 0 Å². The van der Waals surface area contributed by atoms with Gasteiger partial charge in [-0.2, -0.15) is 0 Å². The summed E-state index contributed by atoms with van der Waals surface area (Å²) in [5, 5.41) is 10.2. The highest BCUT2D eigenvalue weighted by molar-refractivity contribution is 5.47. The van der Waals surface area contributed by atoms with Crippen LogP contribution in [0.5, 0.6) is 5.75 Å². The molecule has 0 spiro atoms. The fraction of sp³-hybridized carbons (Fsp3) is 0.600. The highest BCUT2D eigenvalue weighted by Crippen LogP contribution is 2.34. The lowest BCUT2D eigenvalue weighted by Crippen LogP contribution is -2.12. The number of aromatic hydroxyl groups is 1. The number of benzene rings is 1. The van der Waals surface area contributed by atoms with Crippen LogP contribution in [-0.2, 0) is 11.8 Å². The quantitative estimate of drug-likeness (QED) is 0.803. The van der Waals surface area contributed by atoms with Crippen molar-refractivity contribution in [2.24, 2.45) is 0 Å². The first kappa shape index (κ1) is 13.1. The molecule has 1 N–H and O–H groups in total. The molecule has 0 amide bonds. The summed E-state index contributed by atoms with van der Waals surface area (Å²) in [6.07, 6.45) is 3.46. The van der Waals surface area contributed by atoms with E-state index in [0.717, 1.165) is 17.5 Å². The maximum absolute atomic E-state index is 10.2. The number of aryl methyl sites for hydroxylation is 1. The molecule has 1 nitrogen and oxygen atoms in total. The molecule has 0 aliphatic heterocycles. The highest BCUT2D eigenvalue weighted by atomic mass is 16.3. The molecule has 16 heavy (non-hydrogen) atoms. The summed E-state index contributed by atoms with van der Waals surface area (Å²) < 4.78 is 0. The monoisotopic (exact) mass is 220 g/mol. The van der Waals surface area contributed by atoms with Crippen LogP contribution in [0, 0.1) is 6.92 Å². The van der Waals surface area contributed by atoms with Crippen molar-refractivity contribution in [3.05, 3.63) is 28.8 Å². The van der Waals surface area contributed by atoms with E-state index < -0.39 is 0 Å². The van der Waals surface area contributed by atoms with Gasteiger partial charge in [-0.15, -0.1) is 0 Å². The zero-order chi connectivity index (χ0) is 12.3. The van der Waals surface area contributed by atoms with E-state index >= 15 is 0 Å². The predicted octanol–water partition coefficient (Wildman–Crippen LogP) is 4.34. The number of hydrogen-bond donors (Lipinski definition) is 1.